The zero-order chi connectivity index (χ0) is 16.2. The van der Waals surface area contributed by atoms with E-state index in [4.69, 9.17) is 0 Å². The van der Waals surface area contributed by atoms with Gasteiger partial charge in [-0.2, -0.15) is 0 Å². The van der Waals surface area contributed by atoms with Crippen LogP contribution < -0.4 is 0 Å². The lowest BCUT2D eigenvalue weighted by molar-refractivity contribution is -0.384. The van der Waals surface area contributed by atoms with Gasteiger partial charge in [0.1, 0.15) is 0 Å². The van der Waals surface area contributed by atoms with Gasteiger partial charge >= 0.3 is 0 Å². The van der Waals surface area contributed by atoms with Crippen LogP contribution in [0.3, 0.4) is 0 Å². The number of hydrogen-bond donors (Lipinski definition) is 0. The van der Waals surface area contributed by atoms with Gasteiger partial charge in [-0.15, -0.1) is 0 Å². The molecule has 2 bridgehead atoms. The summed E-state index contributed by atoms with van der Waals surface area (Å²) in [6.45, 7) is 0. The van der Waals surface area contributed by atoms with Crippen molar-refractivity contribution in [2.24, 2.45) is 0 Å². The summed E-state index contributed by atoms with van der Waals surface area (Å²) in [4.78, 5) is 10.3. The summed E-state index contributed by atoms with van der Waals surface area (Å²) in [5.74, 6) is 6.26. The van der Waals surface area contributed by atoms with E-state index in [1.807, 2.05) is 24.3 Å². The first-order valence-electron chi connectivity index (χ1n) is 7.04. The Morgan fingerprint density at radius 2 is 1.78 bits per heavy atom. The number of allylic oxidation sites excluding steroid dienone is 10. The van der Waals surface area contributed by atoms with Crippen LogP contribution in [0.1, 0.15) is 12.0 Å². The molecule has 1 aromatic rings. The molecule has 0 saturated carbocycles. The minimum absolute atomic E-state index is 0.0707. The van der Waals surface area contributed by atoms with Gasteiger partial charge in [0.05, 0.1) is 4.92 Å². The van der Waals surface area contributed by atoms with Gasteiger partial charge in [-0.3, -0.25) is 10.1 Å². The van der Waals surface area contributed by atoms with E-state index in [2.05, 4.69) is 39.9 Å². The first-order chi connectivity index (χ1) is 11.1. The third-order valence-electron chi connectivity index (χ3n) is 3.54. The molecular formula is C19H12BrNO2. The summed E-state index contributed by atoms with van der Waals surface area (Å²) in [5, 5.41) is 10.7. The average Bonchev–Trinajstić information content (AvgIpc) is 2.86. The van der Waals surface area contributed by atoms with Crippen LogP contribution >= 0.6 is 15.9 Å². The fourth-order valence-corrected chi connectivity index (χ4v) is 2.84. The fraction of sp³-hybridized carbons (Fsp3) is 0.0526. The quantitative estimate of drug-likeness (QED) is 0.400. The second-order valence-electron chi connectivity index (χ2n) is 5.10. The van der Waals surface area contributed by atoms with Crippen LogP contribution in [0.15, 0.2) is 81.9 Å². The van der Waals surface area contributed by atoms with Crippen LogP contribution in [-0.2, 0) is 0 Å². The largest absolute Gasteiger partial charge is 0.269 e. The van der Waals surface area contributed by atoms with Crippen molar-refractivity contribution in [1.29, 1.82) is 0 Å². The lowest BCUT2D eigenvalue weighted by Crippen LogP contribution is -1.90. The van der Waals surface area contributed by atoms with Crippen molar-refractivity contribution >= 4 is 21.6 Å². The summed E-state index contributed by atoms with van der Waals surface area (Å²) >= 11 is 3.60. The number of benzene rings is 1. The van der Waals surface area contributed by atoms with E-state index in [9.17, 15) is 10.1 Å². The van der Waals surface area contributed by atoms with E-state index < -0.39 is 4.92 Å². The molecule has 2 aliphatic rings. The van der Waals surface area contributed by atoms with E-state index in [1.165, 1.54) is 17.7 Å². The molecule has 0 aliphatic heterocycles. The Hall–Kier alpha value is -2.64. The monoisotopic (exact) mass is 365 g/mol. The smallest absolute Gasteiger partial charge is 0.258 e. The molecule has 2 aliphatic carbocycles. The number of halogens is 1. The molecule has 0 heterocycles. The molecule has 0 unspecified atom stereocenters. The van der Waals surface area contributed by atoms with E-state index in [1.54, 1.807) is 12.1 Å². The molecule has 0 radical (unpaired) electrons. The predicted octanol–water partition coefficient (Wildman–Crippen LogP) is 4.98. The highest BCUT2D eigenvalue weighted by Crippen LogP contribution is 2.31. The summed E-state index contributed by atoms with van der Waals surface area (Å²) in [7, 11) is 0. The van der Waals surface area contributed by atoms with Gasteiger partial charge in [-0.05, 0) is 41.9 Å². The molecule has 0 amide bonds. The van der Waals surface area contributed by atoms with Crippen LogP contribution in [0.25, 0.3) is 0 Å². The van der Waals surface area contributed by atoms with E-state index in [0.29, 0.717) is 0 Å². The zero-order valence-corrected chi connectivity index (χ0v) is 13.7. The molecule has 0 atom stereocenters. The number of fused-ring (bicyclic) bond motifs is 2. The minimum atomic E-state index is -0.413. The van der Waals surface area contributed by atoms with Gasteiger partial charge in [-0.1, -0.05) is 52.1 Å². The summed E-state index contributed by atoms with van der Waals surface area (Å²) < 4.78 is 1.02. The zero-order valence-electron chi connectivity index (χ0n) is 12.1. The third kappa shape index (κ3) is 3.58. The number of rotatable bonds is 1. The second-order valence-corrected chi connectivity index (χ2v) is 5.95. The second kappa shape index (κ2) is 6.64. The van der Waals surface area contributed by atoms with Gasteiger partial charge < -0.3 is 0 Å². The topological polar surface area (TPSA) is 43.1 Å². The highest BCUT2D eigenvalue weighted by Gasteiger charge is 2.12. The van der Waals surface area contributed by atoms with Crippen molar-refractivity contribution in [2.75, 3.05) is 0 Å². The Bertz CT molecular complexity index is 872. The maximum absolute atomic E-state index is 10.7. The SMILES string of the molecule is O=[N+]([O-])c1ccc(C#CC2=CC=CC3=CC=CC(Br)=C2C3)cc1. The third-order valence-corrected chi connectivity index (χ3v) is 4.28. The average molecular weight is 366 g/mol. The van der Waals surface area contributed by atoms with Crippen molar-refractivity contribution in [1.82, 2.24) is 0 Å². The lowest BCUT2D eigenvalue weighted by atomic mass is 10.0. The van der Waals surface area contributed by atoms with Gasteiger partial charge in [0, 0.05) is 27.8 Å². The molecule has 0 spiro atoms. The Morgan fingerprint density at radius 1 is 1.04 bits per heavy atom. The molecule has 3 rings (SSSR count). The van der Waals surface area contributed by atoms with Crippen LogP contribution in [0.5, 0.6) is 0 Å². The molecule has 23 heavy (non-hydrogen) atoms. The van der Waals surface area contributed by atoms with Crippen LogP contribution in [0, 0.1) is 22.0 Å². The first-order valence-corrected chi connectivity index (χ1v) is 7.84. The summed E-state index contributed by atoms with van der Waals surface area (Å²) in [6, 6.07) is 6.27. The Kier molecular flexibility index (Phi) is 4.40. The van der Waals surface area contributed by atoms with Crippen molar-refractivity contribution in [2.45, 2.75) is 6.42 Å². The summed E-state index contributed by atoms with van der Waals surface area (Å²) in [5.41, 5.74) is 4.14. The Morgan fingerprint density at radius 3 is 2.52 bits per heavy atom. The molecule has 1 aromatic carbocycles. The fourth-order valence-electron chi connectivity index (χ4n) is 2.33. The summed E-state index contributed by atoms with van der Waals surface area (Å²) in [6.07, 6.45) is 13.0. The van der Waals surface area contributed by atoms with E-state index in [-0.39, 0.29) is 5.69 Å². The maximum atomic E-state index is 10.7. The molecule has 0 N–H and O–H groups in total. The molecular weight excluding hydrogens is 354 g/mol. The van der Waals surface area contributed by atoms with Gasteiger partial charge in [0.15, 0.2) is 0 Å². The van der Waals surface area contributed by atoms with Crippen molar-refractivity contribution in [3.05, 3.63) is 97.6 Å². The molecule has 4 heteroatoms. The molecule has 0 aromatic heterocycles. The first kappa shape index (κ1) is 15.3. The minimum Gasteiger partial charge on any atom is -0.258 e. The number of nitro groups is 1. The van der Waals surface area contributed by atoms with Crippen LogP contribution in [0.2, 0.25) is 0 Å². The van der Waals surface area contributed by atoms with Gasteiger partial charge in [0.25, 0.3) is 5.69 Å². The maximum Gasteiger partial charge on any atom is 0.269 e. The van der Waals surface area contributed by atoms with Crippen molar-refractivity contribution < 1.29 is 4.92 Å². The lowest BCUT2D eigenvalue weighted by Gasteiger charge is -2.06. The van der Waals surface area contributed by atoms with Crippen LogP contribution in [0.4, 0.5) is 5.69 Å². The van der Waals surface area contributed by atoms with Crippen molar-refractivity contribution in [3.8, 4) is 11.8 Å². The highest BCUT2D eigenvalue weighted by molar-refractivity contribution is 9.11. The van der Waals surface area contributed by atoms with E-state index in [0.717, 1.165) is 27.6 Å². The molecule has 112 valence electrons. The number of nitrogens with zero attached hydrogens (tertiary/aromatic N) is 1. The highest BCUT2D eigenvalue weighted by atomic mass is 79.9. The van der Waals surface area contributed by atoms with E-state index >= 15 is 0 Å². The number of non-ortho nitro benzene ring substituents is 1. The molecule has 0 fully saturated rings. The molecule has 0 saturated heterocycles. The molecule has 3 nitrogen and oxygen atoms in total. The number of hydrogen-bond acceptors (Lipinski definition) is 2. The Balaban J connectivity index is 1.92. The standard InChI is InChI=1S/C19H12BrNO2/c20-19-6-2-4-15-3-1-5-16(18(19)13-15)10-7-14-8-11-17(12-9-14)21(22)23/h1-6,8-9,11-12H,13H2. The Labute approximate surface area is 142 Å². The van der Waals surface area contributed by atoms with Gasteiger partial charge in [-0.25, -0.2) is 0 Å². The van der Waals surface area contributed by atoms with Gasteiger partial charge in [0.2, 0.25) is 0 Å². The number of nitro benzene ring substituents is 1. The van der Waals surface area contributed by atoms with Crippen molar-refractivity contribution in [3.63, 3.8) is 0 Å². The normalized spacial score (nSPS) is 15.9. The predicted molar refractivity (Wildman–Crippen MR) is 95.0 cm³/mol. The van der Waals surface area contributed by atoms with Crippen LogP contribution in [-0.4, -0.2) is 4.92 Å².